The maximum absolute atomic E-state index is 13.1. The second-order valence-corrected chi connectivity index (χ2v) is 16.1. The van der Waals surface area contributed by atoms with Crippen LogP contribution in [0.4, 0.5) is 13.2 Å². The second kappa shape index (κ2) is 14.4. The van der Waals surface area contributed by atoms with E-state index < -0.39 is 24.0 Å². The number of hydrogen-bond donors (Lipinski definition) is 0. The number of esters is 1. The van der Waals surface area contributed by atoms with Crippen molar-refractivity contribution in [1.29, 1.82) is 0 Å². The third-order valence-electron chi connectivity index (χ3n) is 11.7. The lowest BCUT2D eigenvalue weighted by molar-refractivity contribution is -0.138. The van der Waals surface area contributed by atoms with E-state index in [1.165, 1.54) is 55.1 Å². The highest BCUT2D eigenvalue weighted by Gasteiger charge is 2.44. The van der Waals surface area contributed by atoms with Crippen LogP contribution in [0.3, 0.4) is 0 Å². The Kier molecular flexibility index (Phi) is 9.97. The van der Waals surface area contributed by atoms with Gasteiger partial charge in [0.05, 0.1) is 6.61 Å². The third kappa shape index (κ3) is 6.83. The average molecular weight is 727 g/mol. The van der Waals surface area contributed by atoms with Crippen molar-refractivity contribution in [3.63, 3.8) is 0 Å². The fraction of sp³-hybridized carbons (Fsp3) is 0.327. The molecular weight excluding hydrogens is 678 g/mol. The highest BCUT2D eigenvalue weighted by Crippen LogP contribution is 2.57. The Morgan fingerprint density at radius 2 is 1.41 bits per heavy atom. The van der Waals surface area contributed by atoms with Crippen molar-refractivity contribution in [2.24, 2.45) is 0 Å². The zero-order valence-electron chi connectivity index (χ0n) is 31.9. The number of fused-ring (bicyclic) bond motifs is 3. The molecule has 0 amide bonds. The number of alkyl halides is 3. The monoisotopic (exact) mass is 726 g/mol. The summed E-state index contributed by atoms with van der Waals surface area (Å²) in [4.78, 5) is 11.6. The predicted octanol–water partition coefficient (Wildman–Crippen LogP) is 14.0. The van der Waals surface area contributed by atoms with E-state index in [0.29, 0.717) is 13.0 Å². The zero-order chi connectivity index (χ0) is 38.4. The standard InChI is InChI=1S/C49H49F3O2/c1-7-31(3)48(24-10-9-11-26-54-44(53)8-2)42-27-32(13-12-25-49(50,51)52)14-20-39(42)40-22-18-34(30-43(40)48)38-21-17-33-15-16-35-28-37(47(4,5)6)29-36-19-23-41(38)46(33)45(35)36/h8,14-23,27-30H,2-3,7,9-13,24-26H2,1,4-6H3. The maximum atomic E-state index is 13.1. The molecule has 1 aliphatic carbocycles. The first-order chi connectivity index (χ1) is 25.7. The van der Waals surface area contributed by atoms with E-state index in [0.717, 1.165) is 65.5 Å². The van der Waals surface area contributed by atoms with Gasteiger partial charge < -0.3 is 4.74 Å². The van der Waals surface area contributed by atoms with E-state index in [4.69, 9.17) is 11.3 Å². The average Bonchev–Trinajstić information content (AvgIpc) is 3.42. The lowest BCUT2D eigenvalue weighted by Gasteiger charge is -2.35. The largest absolute Gasteiger partial charge is 0.463 e. The van der Waals surface area contributed by atoms with E-state index in [2.05, 4.69) is 113 Å². The fourth-order valence-electron chi connectivity index (χ4n) is 8.81. The number of allylic oxidation sites excluding steroid dienone is 1. The summed E-state index contributed by atoms with van der Waals surface area (Å²) in [6, 6.07) is 31.3. The number of aryl methyl sites for hydroxylation is 1. The third-order valence-corrected chi connectivity index (χ3v) is 11.7. The molecule has 1 aliphatic rings. The summed E-state index contributed by atoms with van der Waals surface area (Å²) in [7, 11) is 0. The Hall–Kier alpha value is -4.90. The van der Waals surface area contributed by atoms with Crippen molar-refractivity contribution >= 4 is 38.3 Å². The molecule has 5 heteroatoms. The molecule has 0 spiro atoms. The van der Waals surface area contributed by atoms with Crippen LogP contribution < -0.4 is 0 Å². The molecule has 0 saturated carbocycles. The van der Waals surface area contributed by atoms with Gasteiger partial charge in [0.2, 0.25) is 0 Å². The lowest BCUT2D eigenvalue weighted by atomic mass is 9.68. The Bertz CT molecular complexity index is 2370. The van der Waals surface area contributed by atoms with Crippen LogP contribution in [0.25, 0.3) is 54.6 Å². The van der Waals surface area contributed by atoms with Crippen molar-refractivity contribution in [3.05, 3.63) is 132 Å². The van der Waals surface area contributed by atoms with Gasteiger partial charge in [-0.25, -0.2) is 4.79 Å². The Labute approximate surface area is 317 Å². The van der Waals surface area contributed by atoms with E-state index >= 15 is 0 Å². The molecule has 0 heterocycles. The van der Waals surface area contributed by atoms with Crippen molar-refractivity contribution in [1.82, 2.24) is 0 Å². The zero-order valence-corrected chi connectivity index (χ0v) is 31.9. The van der Waals surface area contributed by atoms with E-state index in [1.807, 2.05) is 6.07 Å². The Morgan fingerprint density at radius 1 is 0.759 bits per heavy atom. The summed E-state index contributed by atoms with van der Waals surface area (Å²) in [5.41, 5.74) is 9.76. The van der Waals surface area contributed by atoms with E-state index in [9.17, 15) is 18.0 Å². The number of rotatable bonds is 13. The molecule has 0 N–H and O–H groups in total. The minimum atomic E-state index is -4.18. The topological polar surface area (TPSA) is 26.3 Å². The molecule has 0 saturated heterocycles. The van der Waals surface area contributed by atoms with Crippen LogP contribution >= 0.6 is 0 Å². The van der Waals surface area contributed by atoms with Gasteiger partial charge in [0, 0.05) is 17.9 Å². The van der Waals surface area contributed by atoms with Gasteiger partial charge in [-0.3, -0.25) is 0 Å². The van der Waals surface area contributed by atoms with Gasteiger partial charge in [-0.2, -0.15) is 13.2 Å². The van der Waals surface area contributed by atoms with Gasteiger partial charge in [-0.05, 0) is 120 Å². The Balaban J connectivity index is 1.34. The molecule has 0 aliphatic heterocycles. The van der Waals surface area contributed by atoms with Crippen molar-refractivity contribution in [2.45, 2.75) is 96.1 Å². The molecule has 1 unspecified atom stereocenters. The molecule has 2 nitrogen and oxygen atoms in total. The van der Waals surface area contributed by atoms with Gasteiger partial charge in [0.1, 0.15) is 0 Å². The van der Waals surface area contributed by atoms with E-state index in [1.54, 1.807) is 0 Å². The summed E-state index contributed by atoms with van der Waals surface area (Å²) >= 11 is 0. The lowest BCUT2D eigenvalue weighted by Crippen LogP contribution is -2.28. The SMILES string of the molecule is C=CC(=O)OCCCCCC1(C(=C)CC)c2cc(CCCC(F)(F)F)ccc2-c2ccc(-c3ccc4ccc5cc(C(C)(C)C)cc6ccc3c4c56)cc21. The molecule has 0 fully saturated rings. The van der Waals surface area contributed by atoms with Gasteiger partial charge in [0.25, 0.3) is 0 Å². The highest BCUT2D eigenvalue weighted by molar-refractivity contribution is 6.25. The Morgan fingerprint density at radius 3 is 2.09 bits per heavy atom. The van der Waals surface area contributed by atoms with Gasteiger partial charge in [0.15, 0.2) is 0 Å². The van der Waals surface area contributed by atoms with Crippen LogP contribution in [0.5, 0.6) is 0 Å². The molecule has 278 valence electrons. The van der Waals surface area contributed by atoms with Gasteiger partial charge in [-0.15, -0.1) is 0 Å². The summed E-state index contributed by atoms with van der Waals surface area (Å²) in [5.74, 6) is -0.420. The molecular formula is C49H49F3O2. The van der Waals surface area contributed by atoms with Crippen LogP contribution in [0.1, 0.15) is 94.9 Å². The maximum Gasteiger partial charge on any atom is 0.389 e. The minimum absolute atomic E-state index is 0.0365. The summed E-state index contributed by atoms with van der Waals surface area (Å²) < 4.78 is 44.7. The van der Waals surface area contributed by atoms with Crippen LogP contribution in [0.15, 0.2) is 110 Å². The molecule has 0 bridgehead atoms. The molecule has 54 heavy (non-hydrogen) atoms. The quantitative estimate of drug-likeness (QED) is 0.0389. The summed E-state index contributed by atoms with van der Waals surface area (Å²) in [5, 5.41) is 7.50. The normalized spacial score (nSPS) is 15.5. The van der Waals surface area contributed by atoms with Crippen LogP contribution in [0.2, 0.25) is 0 Å². The minimum Gasteiger partial charge on any atom is -0.463 e. The van der Waals surface area contributed by atoms with Gasteiger partial charge in [-0.1, -0.05) is 138 Å². The van der Waals surface area contributed by atoms with Crippen molar-refractivity contribution in [2.75, 3.05) is 6.61 Å². The summed E-state index contributed by atoms with van der Waals surface area (Å²) in [6.45, 7) is 17.4. The summed E-state index contributed by atoms with van der Waals surface area (Å²) in [6.07, 6.45) is 0.608. The van der Waals surface area contributed by atoms with Crippen molar-refractivity contribution < 1.29 is 22.7 Å². The highest BCUT2D eigenvalue weighted by atomic mass is 19.4. The number of halogens is 3. The van der Waals surface area contributed by atoms with Crippen molar-refractivity contribution in [3.8, 4) is 22.3 Å². The number of unbranched alkanes of at least 4 members (excludes halogenated alkanes) is 2. The number of ether oxygens (including phenoxy) is 1. The number of carbonyl (C=O) groups is 1. The number of carbonyl (C=O) groups excluding carboxylic acids is 1. The van der Waals surface area contributed by atoms with E-state index in [-0.39, 0.29) is 11.8 Å². The fourth-order valence-corrected chi connectivity index (χ4v) is 8.81. The predicted molar refractivity (Wildman–Crippen MR) is 219 cm³/mol. The first-order valence-corrected chi connectivity index (χ1v) is 19.3. The first-order valence-electron chi connectivity index (χ1n) is 19.3. The molecule has 6 aromatic rings. The molecule has 6 aromatic carbocycles. The molecule has 0 aromatic heterocycles. The molecule has 7 rings (SSSR count). The van der Waals surface area contributed by atoms with Crippen LogP contribution in [-0.4, -0.2) is 18.8 Å². The number of hydrogen-bond acceptors (Lipinski definition) is 2. The second-order valence-electron chi connectivity index (χ2n) is 16.1. The number of benzene rings is 6. The molecule has 0 radical (unpaired) electrons. The smallest absolute Gasteiger partial charge is 0.389 e. The van der Waals surface area contributed by atoms with Crippen LogP contribution in [0, 0.1) is 0 Å². The molecule has 1 atom stereocenters. The van der Waals surface area contributed by atoms with Gasteiger partial charge >= 0.3 is 12.1 Å². The first kappa shape index (κ1) is 37.4. The van der Waals surface area contributed by atoms with Crippen LogP contribution in [-0.2, 0) is 26.8 Å².